The number of carbonyl (C=O) groups is 2. The van der Waals surface area contributed by atoms with E-state index in [-0.39, 0.29) is 5.57 Å². The van der Waals surface area contributed by atoms with Gasteiger partial charge in [0.2, 0.25) is 0 Å². The van der Waals surface area contributed by atoms with Crippen LogP contribution in [0.5, 0.6) is 5.75 Å². The average molecular weight is 432 g/mol. The molecule has 3 rings (SSSR count). The summed E-state index contributed by atoms with van der Waals surface area (Å²) < 4.78 is 5.66. The summed E-state index contributed by atoms with van der Waals surface area (Å²) in [5, 5.41) is 9.84. The number of halogens is 1. The number of ether oxygens (including phenoxy) is 1. The molecule has 0 bridgehead atoms. The van der Waals surface area contributed by atoms with Crippen molar-refractivity contribution < 1.29 is 14.3 Å². The first-order valence-corrected chi connectivity index (χ1v) is 9.68. The summed E-state index contributed by atoms with van der Waals surface area (Å²) in [7, 11) is 0. The Morgan fingerprint density at radius 3 is 2.26 bits per heavy atom. The Morgan fingerprint density at radius 1 is 0.935 bits per heavy atom. The van der Waals surface area contributed by atoms with Crippen molar-refractivity contribution in [3.8, 4) is 11.8 Å². The van der Waals surface area contributed by atoms with E-state index < -0.39 is 11.8 Å². The molecule has 2 N–H and O–H groups in total. The predicted molar refractivity (Wildman–Crippen MR) is 118 cm³/mol. The lowest BCUT2D eigenvalue weighted by Gasteiger charge is -2.09. The van der Waals surface area contributed by atoms with Crippen molar-refractivity contribution in [2.75, 3.05) is 0 Å². The molecule has 0 heterocycles. The third-order valence-electron chi connectivity index (χ3n) is 4.20. The second kappa shape index (κ2) is 10.6. The van der Waals surface area contributed by atoms with Crippen LogP contribution in [0.2, 0.25) is 5.02 Å². The monoisotopic (exact) mass is 431 g/mol. The summed E-state index contributed by atoms with van der Waals surface area (Å²) in [6.07, 6.45) is 1.44. The lowest BCUT2D eigenvalue weighted by molar-refractivity contribution is -0.117. The van der Waals surface area contributed by atoms with Crippen molar-refractivity contribution in [3.05, 3.63) is 106 Å². The molecule has 3 aromatic rings. The molecule has 0 unspecified atom stereocenters. The fraction of sp³-hybridized carbons (Fsp3) is 0.0417. The molecule has 7 heteroatoms. The van der Waals surface area contributed by atoms with Gasteiger partial charge in [0.05, 0.1) is 0 Å². The van der Waals surface area contributed by atoms with Crippen molar-refractivity contribution >= 4 is 29.5 Å². The molecular weight excluding hydrogens is 414 g/mol. The van der Waals surface area contributed by atoms with Gasteiger partial charge in [-0.1, -0.05) is 54.1 Å². The Bertz CT molecular complexity index is 1120. The molecule has 2 amide bonds. The summed E-state index contributed by atoms with van der Waals surface area (Å²) in [4.78, 5) is 24.4. The van der Waals surface area contributed by atoms with Crippen LogP contribution in [0.4, 0.5) is 0 Å². The third kappa shape index (κ3) is 6.46. The Morgan fingerprint density at radius 2 is 1.61 bits per heavy atom. The highest BCUT2D eigenvalue weighted by atomic mass is 35.5. The zero-order valence-corrected chi connectivity index (χ0v) is 17.1. The SMILES string of the molecule is N#C/C(=C\c1ccccc1)C(=O)NNC(=O)c1ccc(COc2ccc(Cl)cc2)cc1. The van der Waals surface area contributed by atoms with Crippen LogP contribution in [0, 0.1) is 11.3 Å². The van der Waals surface area contributed by atoms with Crippen LogP contribution >= 0.6 is 11.6 Å². The van der Waals surface area contributed by atoms with Crippen molar-refractivity contribution in [3.63, 3.8) is 0 Å². The van der Waals surface area contributed by atoms with Gasteiger partial charge in [0, 0.05) is 10.6 Å². The summed E-state index contributed by atoms with van der Waals surface area (Å²) >= 11 is 5.84. The molecule has 0 aliphatic heterocycles. The average Bonchev–Trinajstić information content (AvgIpc) is 2.81. The van der Waals surface area contributed by atoms with Crippen LogP contribution in [-0.2, 0) is 11.4 Å². The first-order valence-electron chi connectivity index (χ1n) is 9.30. The number of hydrazine groups is 1. The Balaban J connectivity index is 1.53. The zero-order valence-electron chi connectivity index (χ0n) is 16.3. The molecule has 31 heavy (non-hydrogen) atoms. The van der Waals surface area contributed by atoms with Gasteiger partial charge in [-0.3, -0.25) is 20.4 Å². The topological polar surface area (TPSA) is 91.2 Å². The first-order chi connectivity index (χ1) is 15.0. The summed E-state index contributed by atoms with van der Waals surface area (Å²) in [5.74, 6) is -0.519. The van der Waals surface area contributed by atoms with E-state index in [9.17, 15) is 14.9 Å². The minimum atomic E-state index is -0.701. The molecule has 0 saturated carbocycles. The van der Waals surface area contributed by atoms with Crippen molar-refractivity contribution in [2.24, 2.45) is 0 Å². The number of rotatable bonds is 6. The largest absolute Gasteiger partial charge is 0.489 e. The van der Waals surface area contributed by atoms with E-state index >= 15 is 0 Å². The van der Waals surface area contributed by atoms with Crippen LogP contribution in [-0.4, -0.2) is 11.8 Å². The maximum Gasteiger partial charge on any atom is 0.280 e. The van der Waals surface area contributed by atoms with Crippen LogP contribution in [0.25, 0.3) is 6.08 Å². The summed E-state index contributed by atoms with van der Waals surface area (Å²) in [6.45, 7) is 0.329. The van der Waals surface area contributed by atoms with E-state index in [4.69, 9.17) is 16.3 Å². The molecule has 0 spiro atoms. The number of nitrogens with one attached hydrogen (secondary N) is 2. The molecule has 0 atom stereocenters. The smallest absolute Gasteiger partial charge is 0.280 e. The standard InChI is InChI=1S/C24H18ClN3O3/c25-21-10-12-22(13-11-21)31-16-18-6-8-19(9-7-18)23(29)27-28-24(30)20(15-26)14-17-4-2-1-3-5-17/h1-14H,16H2,(H,27,29)(H,28,30)/b20-14+. The molecule has 0 aliphatic carbocycles. The van der Waals surface area contributed by atoms with Crippen LogP contribution in [0.3, 0.4) is 0 Å². The second-order valence-electron chi connectivity index (χ2n) is 6.43. The van der Waals surface area contributed by atoms with Gasteiger partial charge in [0.15, 0.2) is 0 Å². The quantitative estimate of drug-likeness (QED) is 0.346. The third-order valence-corrected chi connectivity index (χ3v) is 4.45. The molecule has 154 valence electrons. The van der Waals surface area contributed by atoms with E-state index in [1.165, 1.54) is 6.08 Å². The fourth-order valence-corrected chi connectivity index (χ4v) is 2.69. The lowest BCUT2D eigenvalue weighted by atomic mass is 10.1. The van der Waals surface area contributed by atoms with Crippen LogP contribution in [0.15, 0.2) is 84.4 Å². The number of nitrogens with zero attached hydrogens (tertiary/aromatic N) is 1. The molecule has 0 aromatic heterocycles. The Kier molecular flexibility index (Phi) is 7.41. The lowest BCUT2D eigenvalue weighted by Crippen LogP contribution is -2.42. The maximum absolute atomic E-state index is 12.3. The number of nitriles is 1. The van der Waals surface area contributed by atoms with E-state index in [0.29, 0.717) is 28.5 Å². The minimum Gasteiger partial charge on any atom is -0.489 e. The fourth-order valence-electron chi connectivity index (χ4n) is 2.57. The predicted octanol–water partition coefficient (Wildman–Crippen LogP) is 4.29. The highest BCUT2D eigenvalue weighted by molar-refractivity contribution is 6.30. The highest BCUT2D eigenvalue weighted by Gasteiger charge is 2.11. The summed E-state index contributed by atoms with van der Waals surface area (Å²) in [6, 6.07) is 24.6. The summed E-state index contributed by atoms with van der Waals surface area (Å²) in [5.41, 5.74) is 6.36. The first kappa shape index (κ1) is 21.6. The number of benzene rings is 3. The maximum atomic E-state index is 12.3. The molecule has 3 aromatic carbocycles. The highest BCUT2D eigenvalue weighted by Crippen LogP contribution is 2.17. The van der Waals surface area contributed by atoms with Crippen molar-refractivity contribution in [2.45, 2.75) is 6.61 Å². The minimum absolute atomic E-state index is 0.124. The second-order valence-corrected chi connectivity index (χ2v) is 6.86. The van der Waals surface area contributed by atoms with E-state index in [2.05, 4.69) is 10.9 Å². The molecule has 0 radical (unpaired) electrons. The molecule has 0 saturated heterocycles. The number of carbonyl (C=O) groups excluding carboxylic acids is 2. The number of hydrogen-bond donors (Lipinski definition) is 2. The van der Waals surface area contributed by atoms with Gasteiger partial charge < -0.3 is 4.74 Å². The molecular formula is C24H18ClN3O3. The van der Waals surface area contributed by atoms with Gasteiger partial charge >= 0.3 is 0 Å². The number of amides is 2. The molecule has 6 nitrogen and oxygen atoms in total. The van der Waals surface area contributed by atoms with Gasteiger partial charge in [-0.05, 0) is 53.6 Å². The Labute approximate surface area is 184 Å². The number of hydrogen-bond acceptors (Lipinski definition) is 4. The van der Waals surface area contributed by atoms with Gasteiger partial charge in [0.1, 0.15) is 24.0 Å². The van der Waals surface area contributed by atoms with Gasteiger partial charge in [0.25, 0.3) is 11.8 Å². The Hall–Kier alpha value is -4.08. The van der Waals surface area contributed by atoms with Gasteiger partial charge in [-0.15, -0.1) is 0 Å². The normalized spacial score (nSPS) is 10.6. The van der Waals surface area contributed by atoms with E-state index in [0.717, 1.165) is 5.56 Å². The van der Waals surface area contributed by atoms with Crippen molar-refractivity contribution in [1.82, 2.24) is 10.9 Å². The van der Waals surface area contributed by atoms with Crippen LogP contribution in [0.1, 0.15) is 21.5 Å². The van der Waals surface area contributed by atoms with E-state index in [1.54, 1.807) is 72.8 Å². The van der Waals surface area contributed by atoms with Gasteiger partial charge in [-0.2, -0.15) is 5.26 Å². The van der Waals surface area contributed by atoms with Crippen LogP contribution < -0.4 is 15.6 Å². The van der Waals surface area contributed by atoms with E-state index in [1.807, 2.05) is 12.1 Å². The molecule has 0 aliphatic rings. The molecule has 0 fully saturated rings. The zero-order chi connectivity index (χ0) is 22.1. The van der Waals surface area contributed by atoms with Crippen molar-refractivity contribution in [1.29, 1.82) is 5.26 Å². The van der Waals surface area contributed by atoms with Gasteiger partial charge in [-0.25, -0.2) is 0 Å².